The summed E-state index contributed by atoms with van der Waals surface area (Å²) in [5.41, 5.74) is 0.725. The smallest absolute Gasteiger partial charge is 0.223 e. The van der Waals surface area contributed by atoms with Gasteiger partial charge in [-0.15, -0.1) is 0 Å². The Kier molecular flexibility index (Phi) is 2.92. The van der Waals surface area contributed by atoms with E-state index in [0.29, 0.717) is 12.2 Å². The quantitative estimate of drug-likeness (QED) is 0.574. The lowest BCUT2D eigenvalue weighted by molar-refractivity contribution is -0.614. The number of aryl methyl sites for hydroxylation is 1. The Bertz CT molecular complexity index is 259. The van der Waals surface area contributed by atoms with Gasteiger partial charge in [-0.05, 0) is 15.9 Å². The van der Waals surface area contributed by atoms with Gasteiger partial charge in [0.15, 0.2) is 11.4 Å². The first-order valence-corrected chi connectivity index (χ1v) is 4.44. The number of hydrogen-bond acceptors (Lipinski definition) is 2. The summed E-state index contributed by atoms with van der Waals surface area (Å²) in [6.07, 6.45) is 2.13. The first kappa shape index (κ1) is 9.32. The zero-order valence-electron chi connectivity index (χ0n) is 7.00. The van der Waals surface area contributed by atoms with Crippen LogP contribution >= 0.6 is 15.9 Å². The number of halogens is 1. The van der Waals surface area contributed by atoms with Crippen molar-refractivity contribution in [3.63, 3.8) is 0 Å². The molecule has 4 heteroatoms. The van der Waals surface area contributed by atoms with Gasteiger partial charge in [0.2, 0.25) is 6.20 Å². The van der Waals surface area contributed by atoms with Crippen molar-refractivity contribution in [3.8, 4) is 5.75 Å². The molecule has 0 atom stereocenters. The Morgan fingerprint density at radius 1 is 1.67 bits per heavy atom. The summed E-state index contributed by atoms with van der Waals surface area (Å²) in [6.45, 7) is 1.93. The van der Waals surface area contributed by atoms with Crippen LogP contribution in [0.3, 0.4) is 0 Å². The molecule has 66 valence electrons. The van der Waals surface area contributed by atoms with Gasteiger partial charge in [0.25, 0.3) is 0 Å². The minimum absolute atomic E-state index is 0.558. The molecule has 0 aliphatic heterocycles. The molecule has 1 heterocycles. The van der Waals surface area contributed by atoms with E-state index >= 15 is 0 Å². The predicted molar refractivity (Wildman–Crippen MR) is 49.0 cm³/mol. The van der Waals surface area contributed by atoms with Crippen molar-refractivity contribution in [1.29, 1.82) is 0 Å². The second-order valence-corrected chi connectivity index (χ2v) is 3.21. The summed E-state index contributed by atoms with van der Waals surface area (Å²) in [5.74, 6) is 0.558. The number of nitrogens with zero attached hydrogens (tertiary/aromatic N) is 1. The summed E-state index contributed by atoms with van der Waals surface area (Å²) in [6, 6.07) is 1.77. The maximum absolute atomic E-state index is 11.2. The SMILES string of the molecule is CCc1cc(Br)c(OC)c[n+]1[O-]. The Labute approximate surface area is 79.7 Å². The summed E-state index contributed by atoms with van der Waals surface area (Å²) in [5, 5.41) is 11.2. The van der Waals surface area contributed by atoms with Crippen molar-refractivity contribution in [2.45, 2.75) is 13.3 Å². The number of pyridine rings is 1. The van der Waals surface area contributed by atoms with E-state index in [4.69, 9.17) is 4.74 Å². The lowest BCUT2D eigenvalue weighted by atomic mass is 10.3. The molecule has 0 fully saturated rings. The largest absolute Gasteiger partial charge is 0.618 e. The number of hydrogen-bond donors (Lipinski definition) is 0. The highest BCUT2D eigenvalue weighted by Crippen LogP contribution is 2.22. The van der Waals surface area contributed by atoms with Crippen LogP contribution in [0.2, 0.25) is 0 Å². The van der Waals surface area contributed by atoms with Crippen LogP contribution in [-0.4, -0.2) is 7.11 Å². The van der Waals surface area contributed by atoms with Crippen molar-refractivity contribution in [3.05, 3.63) is 27.6 Å². The lowest BCUT2D eigenvalue weighted by Crippen LogP contribution is -2.31. The zero-order valence-corrected chi connectivity index (χ0v) is 8.59. The molecule has 0 aliphatic rings. The van der Waals surface area contributed by atoms with Crippen LogP contribution in [0, 0.1) is 5.21 Å². The second-order valence-electron chi connectivity index (χ2n) is 2.36. The van der Waals surface area contributed by atoms with E-state index < -0.39 is 0 Å². The highest BCUT2D eigenvalue weighted by Gasteiger charge is 2.09. The molecular weight excluding hydrogens is 222 g/mol. The fourth-order valence-corrected chi connectivity index (χ4v) is 1.47. The van der Waals surface area contributed by atoms with Gasteiger partial charge in [0, 0.05) is 12.5 Å². The molecule has 0 N–H and O–H groups in total. The molecule has 0 spiro atoms. The van der Waals surface area contributed by atoms with E-state index in [1.165, 1.54) is 13.3 Å². The zero-order chi connectivity index (χ0) is 9.14. The minimum Gasteiger partial charge on any atom is -0.618 e. The monoisotopic (exact) mass is 231 g/mol. The fourth-order valence-electron chi connectivity index (χ4n) is 0.940. The van der Waals surface area contributed by atoms with E-state index in [9.17, 15) is 5.21 Å². The van der Waals surface area contributed by atoms with Crippen LogP contribution in [0.5, 0.6) is 5.75 Å². The summed E-state index contributed by atoms with van der Waals surface area (Å²) in [4.78, 5) is 0. The average molecular weight is 232 g/mol. The molecule has 0 aromatic carbocycles. The maximum Gasteiger partial charge on any atom is 0.223 e. The van der Waals surface area contributed by atoms with E-state index in [1.807, 2.05) is 6.92 Å². The maximum atomic E-state index is 11.2. The highest BCUT2D eigenvalue weighted by atomic mass is 79.9. The van der Waals surface area contributed by atoms with Crippen molar-refractivity contribution in [1.82, 2.24) is 0 Å². The molecule has 0 unspecified atom stereocenters. The van der Waals surface area contributed by atoms with Gasteiger partial charge in [-0.2, -0.15) is 4.73 Å². The lowest BCUT2D eigenvalue weighted by Gasteiger charge is -2.06. The molecular formula is C8H10BrNO2. The van der Waals surface area contributed by atoms with E-state index in [-0.39, 0.29) is 0 Å². The van der Waals surface area contributed by atoms with Gasteiger partial charge >= 0.3 is 0 Å². The van der Waals surface area contributed by atoms with Gasteiger partial charge in [-0.1, -0.05) is 6.92 Å². The second kappa shape index (κ2) is 3.76. The molecule has 1 rings (SSSR count). The van der Waals surface area contributed by atoms with Gasteiger partial charge in [-0.3, -0.25) is 0 Å². The van der Waals surface area contributed by atoms with Crippen LogP contribution in [0.25, 0.3) is 0 Å². The van der Waals surface area contributed by atoms with Crippen molar-refractivity contribution >= 4 is 15.9 Å². The topological polar surface area (TPSA) is 36.2 Å². The Morgan fingerprint density at radius 2 is 2.33 bits per heavy atom. The molecule has 1 aromatic rings. The third kappa shape index (κ3) is 1.69. The Morgan fingerprint density at radius 3 is 2.83 bits per heavy atom. The van der Waals surface area contributed by atoms with Gasteiger partial charge in [0.05, 0.1) is 11.6 Å². The molecule has 0 bridgehead atoms. The molecule has 0 saturated heterocycles. The third-order valence-corrected chi connectivity index (χ3v) is 2.25. The number of ether oxygens (including phenoxy) is 1. The van der Waals surface area contributed by atoms with Crippen molar-refractivity contribution in [2.75, 3.05) is 7.11 Å². The Hall–Kier alpha value is -0.770. The highest BCUT2D eigenvalue weighted by molar-refractivity contribution is 9.10. The van der Waals surface area contributed by atoms with Gasteiger partial charge < -0.3 is 9.94 Å². The van der Waals surface area contributed by atoms with Gasteiger partial charge in [0.1, 0.15) is 0 Å². The summed E-state index contributed by atoms with van der Waals surface area (Å²) >= 11 is 3.31. The van der Waals surface area contributed by atoms with Crippen molar-refractivity contribution in [2.24, 2.45) is 0 Å². The summed E-state index contributed by atoms with van der Waals surface area (Å²) < 4.78 is 6.59. The normalized spacial score (nSPS) is 9.92. The van der Waals surface area contributed by atoms with E-state index in [1.54, 1.807) is 6.07 Å². The van der Waals surface area contributed by atoms with E-state index in [0.717, 1.165) is 14.9 Å². The van der Waals surface area contributed by atoms with Crippen LogP contribution in [-0.2, 0) is 6.42 Å². The standard InChI is InChI=1S/C8H10BrNO2/c1-3-6-4-7(9)8(12-2)5-10(6)11/h4-5H,3H2,1-2H3. The fraction of sp³-hybridized carbons (Fsp3) is 0.375. The first-order valence-electron chi connectivity index (χ1n) is 3.64. The van der Waals surface area contributed by atoms with Crippen LogP contribution in [0.4, 0.5) is 0 Å². The molecule has 0 saturated carbocycles. The molecule has 0 amide bonds. The van der Waals surface area contributed by atoms with Crippen LogP contribution < -0.4 is 9.47 Å². The van der Waals surface area contributed by atoms with Crippen molar-refractivity contribution < 1.29 is 9.47 Å². The number of methoxy groups -OCH3 is 1. The molecule has 0 aliphatic carbocycles. The molecule has 1 aromatic heterocycles. The first-order chi connectivity index (χ1) is 5.69. The number of rotatable bonds is 2. The van der Waals surface area contributed by atoms with Crippen LogP contribution in [0.1, 0.15) is 12.6 Å². The van der Waals surface area contributed by atoms with Gasteiger partial charge in [-0.25, -0.2) is 0 Å². The Balaban J connectivity index is 3.16. The minimum atomic E-state index is 0.558. The molecule has 3 nitrogen and oxygen atoms in total. The van der Waals surface area contributed by atoms with E-state index in [2.05, 4.69) is 15.9 Å². The predicted octanol–water partition coefficient (Wildman–Crippen LogP) is 1.65. The van der Waals surface area contributed by atoms with Crippen LogP contribution in [0.15, 0.2) is 16.7 Å². The third-order valence-electron chi connectivity index (χ3n) is 1.63. The average Bonchev–Trinajstić information content (AvgIpc) is 2.08. The molecule has 12 heavy (non-hydrogen) atoms. The number of aromatic nitrogens is 1. The molecule has 0 radical (unpaired) electrons. The summed E-state index contributed by atoms with van der Waals surface area (Å²) in [7, 11) is 1.53.